The summed E-state index contributed by atoms with van der Waals surface area (Å²) in [7, 11) is 0. The standard InChI is InChI=1S/C103H68F6N2O2/c1-3-63-21-43-77(44-22-63)112-79-47-25-65(26-48-79)101(97-57-69(106)33-55-99(97)108)89-17-9-5-13-81(89)85-51-39-73(59-93(85)101)110(71-35-29-67(104)30-36-71)75-41-53-87-83-15-7-11-19-91(83)103(95(87)61-75)92-20-12-8-16-84(92)88-54-42-76(62-96(88)103)111(72-37-31-68(105)32-38-72)74-40-52-86-82-14-6-10-18-90(82)102(94(86)60-74,98-58-70(107)34-56-100(98)109)66-27-49-80(50-28-66)113-78-45-23-64(4-2)24-46-78/h3-9,11-17,19-32,34-54,56-62H,1-2,10,18,33,55H2. The van der Waals surface area contributed by atoms with Gasteiger partial charge in [-0.05, 0) is 294 Å². The molecule has 6 aliphatic carbocycles. The first kappa shape index (κ1) is 68.6. The lowest BCUT2D eigenvalue weighted by atomic mass is 9.65. The number of hydrogen-bond donors (Lipinski definition) is 0. The summed E-state index contributed by atoms with van der Waals surface area (Å²) >= 11 is 0. The second kappa shape index (κ2) is 26.8. The van der Waals surface area contributed by atoms with Crippen LogP contribution in [0.3, 0.4) is 0 Å². The van der Waals surface area contributed by atoms with Crippen molar-refractivity contribution in [2.24, 2.45) is 0 Å². The molecule has 0 aliphatic heterocycles. The molecule has 0 bridgehead atoms. The molecule has 0 aromatic heterocycles. The van der Waals surface area contributed by atoms with Crippen LogP contribution in [-0.4, -0.2) is 0 Å². The van der Waals surface area contributed by atoms with E-state index in [4.69, 9.17) is 9.47 Å². The van der Waals surface area contributed by atoms with Crippen molar-refractivity contribution >= 4 is 51.8 Å². The van der Waals surface area contributed by atoms with Gasteiger partial charge in [-0.15, -0.1) is 0 Å². The molecule has 0 saturated heterocycles. The van der Waals surface area contributed by atoms with Gasteiger partial charge in [0.05, 0.1) is 16.2 Å². The van der Waals surface area contributed by atoms with E-state index in [1.165, 1.54) is 42.5 Å². The Balaban J connectivity index is 0.768. The Morgan fingerprint density at radius 2 is 0.699 bits per heavy atom. The maximum absolute atomic E-state index is 17.6. The molecular formula is C103H68F6N2O2. The van der Waals surface area contributed by atoms with E-state index in [0.29, 0.717) is 69.7 Å². The molecule has 14 aromatic carbocycles. The summed E-state index contributed by atoms with van der Waals surface area (Å²) in [6, 6.07) is 97.7. The minimum absolute atomic E-state index is 0.0702. The fourth-order valence-corrected chi connectivity index (χ4v) is 19.0. The van der Waals surface area contributed by atoms with Gasteiger partial charge in [0.1, 0.15) is 57.9 Å². The number of hydrogen-bond acceptors (Lipinski definition) is 4. The molecule has 0 heterocycles. The van der Waals surface area contributed by atoms with Crippen molar-refractivity contribution in [2.75, 3.05) is 9.80 Å². The fourth-order valence-electron chi connectivity index (χ4n) is 19.0. The monoisotopic (exact) mass is 1480 g/mol. The highest BCUT2D eigenvalue weighted by atomic mass is 19.1. The first-order chi connectivity index (χ1) is 55.3. The van der Waals surface area contributed by atoms with Crippen molar-refractivity contribution in [2.45, 2.75) is 41.9 Å². The molecule has 10 heteroatoms. The third-order valence-electron chi connectivity index (χ3n) is 23.8. The third kappa shape index (κ3) is 10.7. The summed E-state index contributed by atoms with van der Waals surface area (Å²) in [5.41, 5.74) is 18.9. The number of ether oxygens (including phenoxy) is 2. The molecule has 3 unspecified atom stereocenters. The van der Waals surface area contributed by atoms with Gasteiger partial charge in [-0.2, -0.15) is 0 Å². The highest BCUT2D eigenvalue weighted by molar-refractivity contribution is 5.99. The van der Waals surface area contributed by atoms with Gasteiger partial charge in [0.25, 0.3) is 0 Å². The Hall–Kier alpha value is -13.7. The average molecular weight is 1480 g/mol. The molecule has 3 atom stereocenters. The van der Waals surface area contributed by atoms with Gasteiger partial charge in [-0.1, -0.05) is 183 Å². The summed E-state index contributed by atoms with van der Waals surface area (Å²) in [5, 5.41) is 0. The number of fused-ring (bicyclic) bond motifs is 15. The van der Waals surface area contributed by atoms with Crippen LogP contribution in [0.2, 0.25) is 0 Å². The Morgan fingerprint density at radius 3 is 1.16 bits per heavy atom. The zero-order valence-electron chi connectivity index (χ0n) is 61.1. The van der Waals surface area contributed by atoms with E-state index in [9.17, 15) is 0 Å². The Kier molecular flexibility index (Phi) is 16.3. The lowest BCUT2D eigenvalue weighted by Crippen LogP contribution is -2.32. The van der Waals surface area contributed by atoms with Crippen LogP contribution in [0.1, 0.15) is 98.0 Å². The van der Waals surface area contributed by atoms with Crippen molar-refractivity contribution in [3.8, 4) is 56.4 Å². The molecule has 1 spiro atoms. The molecule has 14 aromatic rings. The maximum Gasteiger partial charge on any atom is 0.128 e. The van der Waals surface area contributed by atoms with Crippen molar-refractivity contribution < 1.29 is 35.8 Å². The molecule has 113 heavy (non-hydrogen) atoms. The molecule has 0 radical (unpaired) electrons. The molecule has 0 N–H and O–H groups in total. The van der Waals surface area contributed by atoms with Crippen molar-refractivity contribution in [3.05, 3.63) is 459 Å². The van der Waals surface area contributed by atoms with Crippen LogP contribution in [-0.2, 0) is 16.2 Å². The normalized spacial score (nSPS) is 17.6. The fraction of sp³-hybridized carbons (Fsp3) is 0.0680. The average Bonchev–Trinajstić information content (AvgIpc) is 1.53. The molecule has 0 saturated carbocycles. The van der Waals surface area contributed by atoms with Crippen molar-refractivity contribution in [3.63, 3.8) is 0 Å². The van der Waals surface area contributed by atoms with Crippen LogP contribution in [0.15, 0.2) is 364 Å². The quantitative estimate of drug-likeness (QED) is 0.0900. The number of rotatable bonds is 16. The topological polar surface area (TPSA) is 24.9 Å². The van der Waals surface area contributed by atoms with E-state index in [-0.39, 0.29) is 24.0 Å². The van der Waals surface area contributed by atoms with Crippen molar-refractivity contribution in [1.82, 2.24) is 0 Å². The van der Waals surface area contributed by atoms with E-state index in [1.807, 2.05) is 121 Å². The SMILES string of the molecule is C=Cc1ccc(Oc2ccc(C3(c4cc(F)ccc4F)C4=C(C=CCC4)c4ccc(N(c5ccc(F)cc5)c5ccc6c(c5)C5(c7ccccc7-6)c6ccccc6-c6ccc(N(c7ccc(F)cc7)c7ccc8c(c7)C(C7=C(F)CCC(F)=C7)(c7ccc(Oc9ccc(C=C)cc9)cc7)c7ccccc7-8)cc65)cc43)cc2)cc1. The van der Waals surface area contributed by atoms with Gasteiger partial charge in [-0.3, -0.25) is 0 Å². The zero-order valence-corrected chi connectivity index (χ0v) is 61.1. The van der Waals surface area contributed by atoms with Crippen LogP contribution in [0.4, 0.5) is 60.5 Å². The zero-order chi connectivity index (χ0) is 76.4. The summed E-state index contributed by atoms with van der Waals surface area (Å²) < 4.78 is 112. The minimum Gasteiger partial charge on any atom is -0.457 e. The second-order valence-electron chi connectivity index (χ2n) is 29.6. The van der Waals surface area contributed by atoms with Crippen LogP contribution >= 0.6 is 0 Å². The number of nitrogens with zero attached hydrogens (tertiary/aromatic N) is 2. The summed E-state index contributed by atoms with van der Waals surface area (Å²) in [6.45, 7) is 7.79. The second-order valence-corrected chi connectivity index (χ2v) is 29.6. The highest BCUT2D eigenvalue weighted by Crippen LogP contribution is 2.66. The van der Waals surface area contributed by atoms with Gasteiger partial charge in [0.15, 0.2) is 0 Å². The molecule has 544 valence electrons. The van der Waals surface area contributed by atoms with E-state index in [2.05, 4.69) is 156 Å². The predicted molar refractivity (Wildman–Crippen MR) is 442 cm³/mol. The summed E-state index contributed by atoms with van der Waals surface area (Å²) in [4.78, 5) is 4.24. The molecular weight excluding hydrogens is 1410 g/mol. The maximum atomic E-state index is 17.6. The Bertz CT molecular complexity index is 6410. The van der Waals surface area contributed by atoms with Gasteiger partial charge in [0.2, 0.25) is 0 Å². The van der Waals surface area contributed by atoms with Gasteiger partial charge in [0, 0.05) is 58.1 Å². The molecule has 0 amide bonds. The number of halogens is 6. The third-order valence-corrected chi connectivity index (χ3v) is 23.8. The first-order valence-corrected chi connectivity index (χ1v) is 38.0. The largest absolute Gasteiger partial charge is 0.457 e. The van der Waals surface area contributed by atoms with E-state index < -0.39 is 51.2 Å². The smallest absolute Gasteiger partial charge is 0.128 e. The Labute approximate surface area is 651 Å². The van der Waals surface area contributed by atoms with E-state index in [1.54, 1.807) is 36.4 Å². The minimum atomic E-state index is -1.39. The highest BCUT2D eigenvalue weighted by Gasteiger charge is 2.54. The van der Waals surface area contributed by atoms with Crippen LogP contribution in [0, 0.1) is 23.3 Å². The van der Waals surface area contributed by atoms with E-state index >= 15 is 26.3 Å². The van der Waals surface area contributed by atoms with Gasteiger partial charge in [-0.25, -0.2) is 26.3 Å². The predicted octanol–water partition coefficient (Wildman–Crippen LogP) is 28.0. The van der Waals surface area contributed by atoms with Crippen LogP contribution < -0.4 is 19.3 Å². The molecule has 4 nitrogen and oxygen atoms in total. The lowest BCUT2D eigenvalue weighted by molar-refractivity contribution is 0.481. The lowest BCUT2D eigenvalue weighted by Gasteiger charge is -2.37. The van der Waals surface area contributed by atoms with E-state index in [0.717, 1.165) is 118 Å². The number of allylic oxidation sites excluding steroid dienone is 8. The van der Waals surface area contributed by atoms with Crippen LogP contribution in [0.25, 0.3) is 51.1 Å². The van der Waals surface area contributed by atoms with Gasteiger partial charge < -0.3 is 19.3 Å². The number of benzene rings is 14. The molecule has 6 aliphatic rings. The number of anilines is 6. The summed E-state index contributed by atoms with van der Waals surface area (Å²) in [6.07, 6.45) is 10.2. The molecule has 0 fully saturated rings. The van der Waals surface area contributed by atoms with Gasteiger partial charge >= 0.3 is 0 Å². The summed E-state index contributed by atoms with van der Waals surface area (Å²) in [5.74, 6) is -0.468. The van der Waals surface area contributed by atoms with Crippen molar-refractivity contribution in [1.29, 1.82) is 0 Å². The Morgan fingerprint density at radius 1 is 0.319 bits per heavy atom. The molecule has 20 rings (SSSR count). The van der Waals surface area contributed by atoms with Crippen LogP contribution in [0.5, 0.6) is 23.0 Å². The first-order valence-electron chi connectivity index (χ1n) is 38.0.